The van der Waals surface area contributed by atoms with Gasteiger partial charge in [0.25, 0.3) is 5.91 Å². The lowest BCUT2D eigenvalue weighted by Gasteiger charge is -2.31. The molecule has 0 bridgehead atoms. The van der Waals surface area contributed by atoms with Crippen molar-refractivity contribution in [3.8, 4) is 11.5 Å². The molecular formula is C20H22N2O5. The Hall–Kier alpha value is -2.83. The number of ether oxygens (including phenoxy) is 2. The van der Waals surface area contributed by atoms with Crippen LogP contribution in [0.2, 0.25) is 0 Å². The lowest BCUT2D eigenvalue weighted by atomic mass is 9.89. The van der Waals surface area contributed by atoms with Gasteiger partial charge in [-0.2, -0.15) is 0 Å². The number of likely N-dealkylation sites (tertiary alicyclic amines) is 1. The average Bonchev–Trinajstić information content (AvgIpc) is 3.35. The monoisotopic (exact) mass is 370 g/mol. The molecule has 27 heavy (non-hydrogen) atoms. The minimum absolute atomic E-state index is 0.0197. The number of fused-ring (bicyclic) bond motifs is 1. The Kier molecular flexibility index (Phi) is 4.59. The smallest absolute Gasteiger partial charge is 0.292 e. The van der Waals surface area contributed by atoms with E-state index in [-0.39, 0.29) is 36.1 Å². The summed E-state index contributed by atoms with van der Waals surface area (Å²) in [4.78, 5) is 27.3. The predicted octanol–water partition coefficient (Wildman–Crippen LogP) is 3.26. The number of hydrogen-bond acceptors (Lipinski definition) is 6. The van der Waals surface area contributed by atoms with Crippen molar-refractivity contribution >= 4 is 11.7 Å². The van der Waals surface area contributed by atoms with Gasteiger partial charge in [-0.25, -0.2) is 0 Å². The molecule has 1 saturated heterocycles. The number of aromatic nitrogens is 1. The molecule has 1 atom stereocenters. The quantitative estimate of drug-likeness (QED) is 0.769. The van der Waals surface area contributed by atoms with E-state index in [9.17, 15) is 9.59 Å². The van der Waals surface area contributed by atoms with Crippen molar-refractivity contribution < 1.29 is 23.6 Å². The van der Waals surface area contributed by atoms with Crippen molar-refractivity contribution in [1.29, 1.82) is 0 Å². The largest absolute Gasteiger partial charge is 0.454 e. The number of carbonyl (C=O) groups is 2. The first kappa shape index (κ1) is 17.6. The van der Waals surface area contributed by atoms with E-state index in [0.29, 0.717) is 30.2 Å². The Morgan fingerprint density at radius 1 is 1.19 bits per heavy atom. The molecule has 2 aliphatic rings. The molecule has 2 aromatic rings. The van der Waals surface area contributed by atoms with E-state index in [1.807, 2.05) is 13.8 Å². The number of benzene rings is 1. The van der Waals surface area contributed by atoms with Crippen LogP contribution in [0.5, 0.6) is 11.5 Å². The fraction of sp³-hybridized carbons (Fsp3) is 0.450. The van der Waals surface area contributed by atoms with Crippen molar-refractivity contribution in [2.45, 2.75) is 32.6 Å². The second-order valence-electron chi connectivity index (χ2n) is 7.29. The third-order valence-corrected chi connectivity index (χ3v) is 5.07. The second-order valence-corrected chi connectivity index (χ2v) is 7.29. The molecule has 0 radical (unpaired) electrons. The summed E-state index contributed by atoms with van der Waals surface area (Å²) in [6, 6.07) is 6.91. The number of Topliss-reactive ketones (excluding diaryl/α,β-unsaturated/α-hetero) is 1. The molecular weight excluding hydrogens is 348 g/mol. The number of rotatable bonds is 4. The molecule has 1 aromatic heterocycles. The summed E-state index contributed by atoms with van der Waals surface area (Å²) >= 11 is 0. The van der Waals surface area contributed by atoms with Gasteiger partial charge in [0.2, 0.25) is 12.6 Å². The summed E-state index contributed by atoms with van der Waals surface area (Å²) in [6.45, 7) is 5.15. The summed E-state index contributed by atoms with van der Waals surface area (Å²) in [5, 5.41) is 3.95. The highest BCUT2D eigenvalue weighted by molar-refractivity contribution is 5.99. The maximum atomic E-state index is 12.9. The maximum Gasteiger partial charge on any atom is 0.292 e. The Balaban J connectivity index is 1.47. The first-order valence-electron chi connectivity index (χ1n) is 9.22. The van der Waals surface area contributed by atoms with Crippen molar-refractivity contribution in [2.75, 3.05) is 19.9 Å². The van der Waals surface area contributed by atoms with E-state index in [1.165, 1.54) is 0 Å². The van der Waals surface area contributed by atoms with Crippen LogP contribution in [0.15, 0.2) is 28.8 Å². The van der Waals surface area contributed by atoms with Crippen LogP contribution < -0.4 is 9.47 Å². The van der Waals surface area contributed by atoms with Crippen LogP contribution in [0.25, 0.3) is 0 Å². The van der Waals surface area contributed by atoms with E-state index < -0.39 is 0 Å². The number of nitrogens with zero attached hydrogens (tertiary/aromatic N) is 2. The van der Waals surface area contributed by atoms with Crippen LogP contribution in [-0.2, 0) is 0 Å². The molecule has 4 rings (SSSR count). The molecule has 142 valence electrons. The van der Waals surface area contributed by atoms with Gasteiger partial charge < -0.3 is 18.9 Å². The minimum Gasteiger partial charge on any atom is -0.454 e. The zero-order valence-electron chi connectivity index (χ0n) is 15.4. The summed E-state index contributed by atoms with van der Waals surface area (Å²) in [5.74, 6) is 1.23. The summed E-state index contributed by atoms with van der Waals surface area (Å²) < 4.78 is 15.9. The summed E-state index contributed by atoms with van der Waals surface area (Å²) in [5.41, 5.74) is 1.34. The Bertz CT molecular complexity index is 873. The number of carbonyl (C=O) groups excluding carboxylic acids is 2. The van der Waals surface area contributed by atoms with E-state index >= 15 is 0 Å². The third-order valence-electron chi connectivity index (χ3n) is 5.07. The number of piperidine rings is 1. The van der Waals surface area contributed by atoms with Gasteiger partial charge in [0.15, 0.2) is 17.3 Å². The van der Waals surface area contributed by atoms with Gasteiger partial charge in [-0.1, -0.05) is 19.0 Å². The fourth-order valence-corrected chi connectivity index (χ4v) is 3.48. The molecule has 0 unspecified atom stereocenters. The van der Waals surface area contributed by atoms with Crippen molar-refractivity contribution in [2.24, 2.45) is 5.92 Å². The lowest BCUT2D eigenvalue weighted by molar-refractivity contribution is 0.0602. The fourth-order valence-electron chi connectivity index (χ4n) is 3.48. The first-order chi connectivity index (χ1) is 13.0. The van der Waals surface area contributed by atoms with Crippen LogP contribution in [0.3, 0.4) is 0 Å². The highest BCUT2D eigenvalue weighted by Gasteiger charge is 2.31. The zero-order chi connectivity index (χ0) is 19.0. The van der Waals surface area contributed by atoms with E-state index in [1.54, 1.807) is 29.2 Å². The van der Waals surface area contributed by atoms with Gasteiger partial charge in [0.05, 0.1) is 5.69 Å². The standard InChI is InChI=1S/C20H22N2O5/c1-12(2)15-9-18(27-21-15)20(24)22-7-3-4-14(10-22)19(23)13-5-6-16-17(8-13)26-11-25-16/h5-6,8-9,12,14H,3-4,7,10-11H2,1-2H3/t14-/m0/s1. The lowest BCUT2D eigenvalue weighted by Crippen LogP contribution is -2.42. The SMILES string of the molecule is CC(C)c1cc(C(=O)N2CCC[C@H](C(=O)c3ccc4c(c3)OCO4)C2)on1. The van der Waals surface area contributed by atoms with Crippen LogP contribution in [0.1, 0.15) is 59.2 Å². The molecule has 3 heterocycles. The normalized spacial score (nSPS) is 18.8. The van der Waals surface area contributed by atoms with E-state index in [2.05, 4.69) is 5.16 Å². The third kappa shape index (κ3) is 3.41. The van der Waals surface area contributed by atoms with Gasteiger partial charge >= 0.3 is 0 Å². The Labute approximate surface area is 157 Å². The number of ketones is 1. The van der Waals surface area contributed by atoms with Gasteiger partial charge in [0.1, 0.15) is 0 Å². The number of amides is 1. The molecule has 1 fully saturated rings. The van der Waals surface area contributed by atoms with Crippen molar-refractivity contribution in [3.63, 3.8) is 0 Å². The first-order valence-corrected chi connectivity index (χ1v) is 9.22. The molecule has 7 nitrogen and oxygen atoms in total. The van der Waals surface area contributed by atoms with Crippen LogP contribution >= 0.6 is 0 Å². The van der Waals surface area contributed by atoms with Crippen molar-refractivity contribution in [1.82, 2.24) is 10.1 Å². The molecule has 0 saturated carbocycles. The van der Waals surface area contributed by atoms with Crippen LogP contribution in [0, 0.1) is 5.92 Å². The molecule has 1 aromatic carbocycles. The topological polar surface area (TPSA) is 81.9 Å². The van der Waals surface area contributed by atoms with Gasteiger partial charge in [-0.3, -0.25) is 9.59 Å². The second kappa shape index (κ2) is 7.06. The Morgan fingerprint density at radius 2 is 2.00 bits per heavy atom. The van der Waals surface area contributed by atoms with Crippen molar-refractivity contribution in [3.05, 3.63) is 41.3 Å². The maximum absolute atomic E-state index is 12.9. The molecule has 0 N–H and O–H groups in total. The highest BCUT2D eigenvalue weighted by Crippen LogP contribution is 2.34. The molecule has 2 aliphatic heterocycles. The number of hydrogen-bond donors (Lipinski definition) is 0. The van der Waals surface area contributed by atoms with Crippen LogP contribution in [0.4, 0.5) is 0 Å². The van der Waals surface area contributed by atoms with Gasteiger partial charge in [-0.15, -0.1) is 0 Å². The minimum atomic E-state index is -0.240. The zero-order valence-corrected chi connectivity index (χ0v) is 15.4. The van der Waals surface area contributed by atoms with Crippen LogP contribution in [-0.4, -0.2) is 41.6 Å². The predicted molar refractivity (Wildman–Crippen MR) is 96.1 cm³/mol. The Morgan fingerprint density at radius 3 is 2.78 bits per heavy atom. The average molecular weight is 370 g/mol. The van der Waals surface area contributed by atoms with Gasteiger partial charge in [0, 0.05) is 30.6 Å². The molecule has 0 spiro atoms. The van der Waals surface area contributed by atoms with Gasteiger partial charge in [-0.05, 0) is 37.0 Å². The molecule has 0 aliphatic carbocycles. The summed E-state index contributed by atoms with van der Waals surface area (Å²) in [6.07, 6.45) is 1.53. The molecule has 7 heteroatoms. The summed E-state index contributed by atoms with van der Waals surface area (Å²) in [7, 11) is 0. The van der Waals surface area contributed by atoms with E-state index in [0.717, 1.165) is 18.5 Å². The van der Waals surface area contributed by atoms with E-state index in [4.69, 9.17) is 14.0 Å². The highest BCUT2D eigenvalue weighted by atomic mass is 16.7. The molecule has 1 amide bonds.